The molecule has 0 aliphatic heterocycles. The van der Waals surface area contributed by atoms with Crippen molar-refractivity contribution >= 4 is 43.7 Å². The molecule has 0 bridgehead atoms. The first-order chi connectivity index (χ1) is 9.79. The summed E-state index contributed by atoms with van der Waals surface area (Å²) in [5, 5.41) is 8.88. The van der Waals surface area contributed by atoms with Gasteiger partial charge < -0.3 is 5.11 Å². The quantitative estimate of drug-likeness (QED) is 0.656. The minimum Gasteiger partial charge on any atom is -0.478 e. The minimum absolute atomic E-state index is 0.178. The molecule has 0 spiro atoms. The second-order valence-electron chi connectivity index (χ2n) is 4.17. The molecule has 0 atom stereocenters. The molecule has 0 fully saturated rings. The van der Waals surface area contributed by atoms with Gasteiger partial charge in [-0.15, -0.1) is 0 Å². The van der Waals surface area contributed by atoms with E-state index in [-0.39, 0.29) is 11.0 Å². The van der Waals surface area contributed by atoms with Crippen molar-refractivity contribution in [2.45, 2.75) is 17.7 Å². The molecule has 0 radical (unpaired) electrons. The van der Waals surface area contributed by atoms with E-state index in [2.05, 4.69) is 20.7 Å². The summed E-state index contributed by atoms with van der Waals surface area (Å²) in [5.74, 6) is -1.87. The van der Waals surface area contributed by atoms with E-state index in [4.69, 9.17) is 5.11 Å². The highest BCUT2D eigenvalue weighted by Crippen LogP contribution is 2.24. The number of benzene rings is 1. The molecule has 0 heterocycles. The van der Waals surface area contributed by atoms with Gasteiger partial charge in [-0.2, -0.15) is 11.8 Å². The first-order valence-electron chi connectivity index (χ1n) is 6.00. The topological polar surface area (TPSA) is 83.5 Å². The molecule has 0 aromatic heterocycles. The Morgan fingerprint density at radius 2 is 2.10 bits per heavy atom. The van der Waals surface area contributed by atoms with Crippen LogP contribution in [-0.4, -0.2) is 38.0 Å². The van der Waals surface area contributed by atoms with Crippen molar-refractivity contribution in [1.29, 1.82) is 0 Å². The van der Waals surface area contributed by atoms with Crippen LogP contribution in [0.2, 0.25) is 0 Å². The second-order valence-corrected chi connectivity index (χ2v) is 7.80. The lowest BCUT2D eigenvalue weighted by molar-refractivity contribution is 0.0691. The molecule has 0 saturated carbocycles. The van der Waals surface area contributed by atoms with Crippen molar-refractivity contribution in [3.63, 3.8) is 0 Å². The third kappa shape index (κ3) is 5.24. The van der Waals surface area contributed by atoms with Gasteiger partial charge in [-0.25, -0.2) is 22.3 Å². The Morgan fingerprint density at radius 1 is 1.43 bits per heavy atom. The van der Waals surface area contributed by atoms with Crippen molar-refractivity contribution in [1.82, 2.24) is 4.72 Å². The standard InChI is InChI=1S/C12H15BrFNO4S2/c1-20-5-3-2-4-15-21(18,19)10-7-8(13)6-9(11(10)14)12(16)17/h6-7,15H,2-5H2,1H3,(H,16,17). The predicted octanol–water partition coefficient (Wildman–Crippen LogP) is 2.71. The predicted molar refractivity (Wildman–Crippen MR) is 83.9 cm³/mol. The van der Waals surface area contributed by atoms with Crippen LogP contribution in [0.15, 0.2) is 21.5 Å². The van der Waals surface area contributed by atoms with Crippen molar-refractivity contribution in [2.75, 3.05) is 18.6 Å². The van der Waals surface area contributed by atoms with Gasteiger partial charge in [0.05, 0.1) is 5.56 Å². The van der Waals surface area contributed by atoms with Crippen molar-refractivity contribution in [3.05, 3.63) is 28.0 Å². The largest absolute Gasteiger partial charge is 0.478 e. The zero-order valence-corrected chi connectivity index (χ0v) is 14.4. The summed E-state index contributed by atoms with van der Waals surface area (Å²) in [6.07, 6.45) is 3.42. The molecule has 0 aliphatic carbocycles. The molecule has 0 amide bonds. The fraction of sp³-hybridized carbons (Fsp3) is 0.417. The lowest BCUT2D eigenvalue weighted by atomic mass is 10.2. The molecule has 21 heavy (non-hydrogen) atoms. The molecule has 0 aliphatic rings. The smallest absolute Gasteiger partial charge is 0.338 e. The zero-order chi connectivity index (χ0) is 16.0. The van der Waals surface area contributed by atoms with Crippen LogP contribution < -0.4 is 4.72 Å². The third-order valence-corrected chi connectivity index (χ3v) is 5.21. The van der Waals surface area contributed by atoms with E-state index < -0.39 is 32.3 Å². The van der Waals surface area contributed by atoms with Gasteiger partial charge in [-0.1, -0.05) is 15.9 Å². The maximum absolute atomic E-state index is 14.0. The van der Waals surface area contributed by atoms with Gasteiger partial charge in [0, 0.05) is 11.0 Å². The van der Waals surface area contributed by atoms with E-state index in [0.29, 0.717) is 6.42 Å². The number of nitrogens with one attached hydrogen (secondary N) is 1. The Bertz CT molecular complexity index is 622. The number of carboxylic acids is 1. The lowest BCUT2D eigenvalue weighted by Gasteiger charge is -2.09. The number of sulfonamides is 1. The Balaban J connectivity index is 2.95. The van der Waals surface area contributed by atoms with Gasteiger partial charge in [-0.05, 0) is 37.0 Å². The third-order valence-electron chi connectivity index (χ3n) is 2.59. The molecule has 1 aromatic rings. The summed E-state index contributed by atoms with van der Waals surface area (Å²) in [6, 6.07) is 2.07. The molecule has 9 heteroatoms. The van der Waals surface area contributed by atoms with Crippen LogP contribution in [0.1, 0.15) is 23.2 Å². The van der Waals surface area contributed by atoms with E-state index >= 15 is 0 Å². The maximum Gasteiger partial charge on any atom is 0.338 e. The Morgan fingerprint density at radius 3 is 2.67 bits per heavy atom. The number of hydrogen-bond acceptors (Lipinski definition) is 4. The number of carbonyl (C=O) groups is 1. The number of aromatic carboxylic acids is 1. The van der Waals surface area contributed by atoms with Crippen LogP contribution in [-0.2, 0) is 10.0 Å². The van der Waals surface area contributed by atoms with E-state index in [9.17, 15) is 17.6 Å². The SMILES string of the molecule is CSCCCCNS(=O)(=O)c1cc(Br)cc(C(=O)O)c1F. The zero-order valence-electron chi connectivity index (χ0n) is 11.2. The fourth-order valence-corrected chi connectivity index (χ4v) is 3.87. The lowest BCUT2D eigenvalue weighted by Crippen LogP contribution is -2.26. The van der Waals surface area contributed by atoms with Crippen molar-refractivity contribution < 1.29 is 22.7 Å². The van der Waals surface area contributed by atoms with Crippen LogP contribution in [0.3, 0.4) is 0 Å². The maximum atomic E-state index is 14.0. The summed E-state index contributed by atoms with van der Waals surface area (Å²) < 4.78 is 40.6. The summed E-state index contributed by atoms with van der Waals surface area (Å²) in [4.78, 5) is 10.2. The molecule has 118 valence electrons. The van der Waals surface area contributed by atoms with Crippen LogP contribution in [0.5, 0.6) is 0 Å². The van der Waals surface area contributed by atoms with E-state index in [1.807, 2.05) is 6.26 Å². The highest BCUT2D eigenvalue weighted by atomic mass is 79.9. The summed E-state index contributed by atoms with van der Waals surface area (Å²) in [5.41, 5.74) is -0.688. The molecule has 0 saturated heterocycles. The number of unbranched alkanes of at least 4 members (excludes halogenated alkanes) is 1. The average molecular weight is 400 g/mol. The number of halogens is 2. The second kappa shape index (κ2) is 8.11. The van der Waals surface area contributed by atoms with Gasteiger partial charge >= 0.3 is 5.97 Å². The number of rotatable bonds is 8. The average Bonchev–Trinajstić information content (AvgIpc) is 2.40. The first-order valence-corrected chi connectivity index (χ1v) is 9.67. The normalized spacial score (nSPS) is 11.6. The Kier molecular flexibility index (Phi) is 7.11. The van der Waals surface area contributed by atoms with Crippen LogP contribution in [0, 0.1) is 5.82 Å². The van der Waals surface area contributed by atoms with Gasteiger partial charge in [0.25, 0.3) is 0 Å². The van der Waals surface area contributed by atoms with Gasteiger partial charge in [-0.3, -0.25) is 0 Å². The highest BCUT2D eigenvalue weighted by Gasteiger charge is 2.24. The molecular weight excluding hydrogens is 385 g/mol. The van der Waals surface area contributed by atoms with Crippen LogP contribution in [0.25, 0.3) is 0 Å². The molecule has 5 nitrogen and oxygen atoms in total. The minimum atomic E-state index is -4.08. The van der Waals surface area contributed by atoms with Gasteiger partial charge in [0.15, 0.2) is 5.82 Å². The highest BCUT2D eigenvalue weighted by molar-refractivity contribution is 9.10. The monoisotopic (exact) mass is 399 g/mol. The Hall–Kier alpha value is -0.640. The van der Waals surface area contributed by atoms with Gasteiger partial charge in [0.2, 0.25) is 10.0 Å². The van der Waals surface area contributed by atoms with Crippen molar-refractivity contribution in [3.8, 4) is 0 Å². The first kappa shape index (κ1) is 18.4. The van der Waals surface area contributed by atoms with Crippen LogP contribution in [0.4, 0.5) is 4.39 Å². The van der Waals surface area contributed by atoms with E-state index in [0.717, 1.165) is 24.3 Å². The summed E-state index contributed by atoms with van der Waals surface area (Å²) >= 11 is 4.64. The molecule has 1 aromatic carbocycles. The van der Waals surface area contributed by atoms with E-state index in [1.165, 1.54) is 0 Å². The molecule has 1 rings (SSSR count). The van der Waals surface area contributed by atoms with Crippen LogP contribution >= 0.6 is 27.7 Å². The molecular formula is C12H15BrFNO4S2. The summed E-state index contributed by atoms with van der Waals surface area (Å²) in [6.45, 7) is 0.178. The Labute approximate surface area is 135 Å². The van der Waals surface area contributed by atoms with Crippen molar-refractivity contribution in [2.24, 2.45) is 0 Å². The molecule has 2 N–H and O–H groups in total. The fourth-order valence-electron chi connectivity index (χ4n) is 1.57. The van der Waals surface area contributed by atoms with Gasteiger partial charge in [0.1, 0.15) is 4.90 Å². The summed E-state index contributed by atoms with van der Waals surface area (Å²) in [7, 11) is -4.08. The number of hydrogen-bond donors (Lipinski definition) is 2. The van der Waals surface area contributed by atoms with E-state index in [1.54, 1.807) is 11.8 Å². The number of carboxylic acid groups (broad SMARTS) is 1. The number of thioether (sulfide) groups is 1. The molecule has 0 unspecified atom stereocenters.